The van der Waals surface area contributed by atoms with Crippen LogP contribution in [0.3, 0.4) is 0 Å². The molecule has 2 saturated carbocycles. The van der Waals surface area contributed by atoms with Crippen LogP contribution < -0.4 is 0 Å². The third-order valence-electron chi connectivity index (χ3n) is 8.17. The lowest BCUT2D eigenvalue weighted by molar-refractivity contribution is -0.168. The van der Waals surface area contributed by atoms with Crippen LogP contribution in [0.2, 0.25) is 0 Å². The van der Waals surface area contributed by atoms with Crippen LogP contribution >= 0.6 is 0 Å². The van der Waals surface area contributed by atoms with Gasteiger partial charge in [-0.05, 0) is 54.7 Å². The number of ether oxygens (including phenoxy) is 2. The Morgan fingerprint density at radius 2 is 2.00 bits per heavy atom. The second-order valence-electron chi connectivity index (χ2n) is 10.3. The summed E-state index contributed by atoms with van der Waals surface area (Å²) in [6.45, 7) is 9.11. The summed E-state index contributed by atoms with van der Waals surface area (Å²) in [5.74, 6) is -0.494. The molecule has 1 aromatic rings. The van der Waals surface area contributed by atoms with E-state index in [1.54, 1.807) is 12.2 Å². The van der Waals surface area contributed by atoms with Crippen LogP contribution in [0, 0.1) is 22.7 Å². The van der Waals surface area contributed by atoms with Gasteiger partial charge in [-0.2, -0.15) is 0 Å². The third-order valence-corrected chi connectivity index (χ3v) is 8.17. The molecule has 2 fully saturated rings. The van der Waals surface area contributed by atoms with Gasteiger partial charge in [0.15, 0.2) is 0 Å². The van der Waals surface area contributed by atoms with Crippen LogP contribution in [0.5, 0.6) is 0 Å². The Labute approximate surface area is 201 Å². The van der Waals surface area contributed by atoms with E-state index in [1.165, 1.54) is 6.08 Å². The van der Waals surface area contributed by atoms with Crippen molar-refractivity contribution in [3.8, 4) is 0 Å². The maximum atomic E-state index is 12.5. The Bertz CT molecular complexity index is 1040. The Hall–Kier alpha value is -2.92. The Kier molecular flexibility index (Phi) is 6.94. The topological polar surface area (TPSA) is 72.8 Å². The van der Waals surface area contributed by atoms with Crippen molar-refractivity contribution >= 4 is 18.0 Å². The maximum Gasteiger partial charge on any atom is 0.338 e. The predicted molar refractivity (Wildman–Crippen MR) is 131 cm³/mol. The van der Waals surface area contributed by atoms with Gasteiger partial charge in [0.25, 0.3) is 0 Å². The Morgan fingerprint density at radius 1 is 1.24 bits per heavy atom. The van der Waals surface area contributed by atoms with Crippen LogP contribution in [-0.4, -0.2) is 36.4 Å². The zero-order valence-electron chi connectivity index (χ0n) is 20.0. The minimum Gasteiger partial charge on any atom is -0.462 e. The van der Waals surface area contributed by atoms with Crippen molar-refractivity contribution in [3.05, 3.63) is 77.9 Å². The number of aliphatic hydroxyl groups is 1. The molecule has 0 saturated heterocycles. The summed E-state index contributed by atoms with van der Waals surface area (Å²) in [7, 11) is 0. The number of aliphatic hydroxyl groups excluding tert-OH is 1. The molecule has 2 aliphatic carbocycles. The van der Waals surface area contributed by atoms with Gasteiger partial charge in [-0.3, -0.25) is 0 Å². The van der Waals surface area contributed by atoms with Crippen molar-refractivity contribution in [2.45, 2.75) is 45.6 Å². The molecular weight excluding hydrogens is 428 g/mol. The van der Waals surface area contributed by atoms with E-state index in [0.29, 0.717) is 18.6 Å². The van der Waals surface area contributed by atoms with Gasteiger partial charge in [0, 0.05) is 17.4 Å². The van der Waals surface area contributed by atoms with Gasteiger partial charge in [-0.15, -0.1) is 0 Å². The molecule has 5 heteroatoms. The van der Waals surface area contributed by atoms with E-state index in [9.17, 15) is 14.7 Å². The standard InChI is InChI=1S/C29H34O5/c1-20-9-13-24-28(2,23(20)12-11-22-16-18-33-27(22)32)17-15-25(30)29(24,3)19-34-26(31)14-10-21-7-5-4-6-8-21/h4-8,10-12,14,16,23-25,30H,1,9,13,15,17-19H2,2-3H3/b12-11+,14-10+/t23-,24?,25-,28+,29+/m1/s1. The number of rotatable bonds is 6. The number of hydrogen-bond donors (Lipinski definition) is 1. The fourth-order valence-electron chi connectivity index (χ4n) is 6.19. The number of hydrogen-bond acceptors (Lipinski definition) is 5. The van der Waals surface area contributed by atoms with E-state index >= 15 is 0 Å². The number of carbonyl (C=O) groups excluding carboxylic acids is 2. The summed E-state index contributed by atoms with van der Waals surface area (Å²) >= 11 is 0. The monoisotopic (exact) mass is 462 g/mol. The number of fused-ring (bicyclic) bond motifs is 1. The molecule has 0 bridgehead atoms. The summed E-state index contributed by atoms with van der Waals surface area (Å²) in [6, 6.07) is 9.60. The van der Waals surface area contributed by atoms with Crippen molar-refractivity contribution in [2.75, 3.05) is 13.2 Å². The van der Waals surface area contributed by atoms with Crippen molar-refractivity contribution in [2.24, 2.45) is 22.7 Å². The minimum absolute atomic E-state index is 0.0704. The van der Waals surface area contributed by atoms with Gasteiger partial charge in [0.1, 0.15) is 6.61 Å². The van der Waals surface area contributed by atoms with Crippen LogP contribution in [0.25, 0.3) is 6.08 Å². The zero-order valence-corrected chi connectivity index (χ0v) is 20.0. The number of allylic oxidation sites excluding steroid dienone is 2. The molecule has 0 radical (unpaired) electrons. The summed E-state index contributed by atoms with van der Waals surface area (Å²) in [6.07, 6.45) is 11.5. The molecule has 180 valence electrons. The molecule has 3 aliphatic rings. The molecule has 1 heterocycles. The molecule has 34 heavy (non-hydrogen) atoms. The van der Waals surface area contributed by atoms with E-state index in [0.717, 1.165) is 30.4 Å². The lowest BCUT2D eigenvalue weighted by Crippen LogP contribution is -2.57. The summed E-state index contributed by atoms with van der Waals surface area (Å²) in [5, 5.41) is 11.1. The molecule has 1 N–H and O–H groups in total. The highest BCUT2D eigenvalue weighted by atomic mass is 16.5. The van der Waals surface area contributed by atoms with E-state index in [1.807, 2.05) is 43.3 Å². The van der Waals surface area contributed by atoms with Crippen LogP contribution in [0.4, 0.5) is 0 Å². The highest BCUT2D eigenvalue weighted by Gasteiger charge is 2.57. The molecule has 1 aliphatic heterocycles. The van der Waals surface area contributed by atoms with Gasteiger partial charge in [0.2, 0.25) is 0 Å². The third kappa shape index (κ3) is 4.67. The summed E-state index contributed by atoms with van der Waals surface area (Å²) < 4.78 is 10.7. The molecule has 0 aromatic heterocycles. The normalized spacial score (nSPS) is 33.6. The molecule has 0 amide bonds. The number of cyclic esters (lactones) is 1. The van der Waals surface area contributed by atoms with Crippen molar-refractivity contribution in [1.82, 2.24) is 0 Å². The average molecular weight is 463 g/mol. The van der Waals surface area contributed by atoms with E-state index in [-0.39, 0.29) is 29.8 Å². The highest BCUT2D eigenvalue weighted by molar-refractivity contribution is 5.93. The molecule has 4 rings (SSSR count). The second kappa shape index (κ2) is 9.75. The summed E-state index contributed by atoms with van der Waals surface area (Å²) in [4.78, 5) is 24.4. The molecule has 5 atom stereocenters. The first-order valence-corrected chi connectivity index (χ1v) is 12.0. The van der Waals surface area contributed by atoms with Gasteiger partial charge >= 0.3 is 11.9 Å². The minimum atomic E-state index is -0.568. The highest BCUT2D eigenvalue weighted by Crippen LogP contribution is 2.61. The smallest absolute Gasteiger partial charge is 0.338 e. The zero-order chi connectivity index (χ0) is 24.3. The molecule has 0 spiro atoms. The van der Waals surface area contributed by atoms with Gasteiger partial charge in [0.05, 0.1) is 18.3 Å². The SMILES string of the molecule is C=C1CCC2[C@](C)(COC(=O)/C=C/c3ccccc3)[C@H](O)CC[C@@]2(C)[C@@H]1/C=C/C1=CCOC1=O. The molecule has 1 aromatic carbocycles. The van der Waals surface area contributed by atoms with Crippen LogP contribution in [0.15, 0.2) is 72.4 Å². The lowest BCUT2D eigenvalue weighted by Gasteiger charge is -2.59. The maximum absolute atomic E-state index is 12.5. The van der Waals surface area contributed by atoms with Gasteiger partial charge in [-0.25, -0.2) is 9.59 Å². The average Bonchev–Trinajstić information content (AvgIpc) is 3.24. The first kappa shape index (κ1) is 24.2. The first-order chi connectivity index (χ1) is 16.2. The van der Waals surface area contributed by atoms with Gasteiger partial charge < -0.3 is 14.6 Å². The molecule has 5 nitrogen and oxygen atoms in total. The Morgan fingerprint density at radius 3 is 2.71 bits per heavy atom. The van der Waals surface area contributed by atoms with Crippen LogP contribution in [0.1, 0.15) is 45.1 Å². The van der Waals surface area contributed by atoms with E-state index < -0.39 is 17.5 Å². The van der Waals surface area contributed by atoms with Crippen molar-refractivity contribution in [1.29, 1.82) is 0 Å². The fourth-order valence-corrected chi connectivity index (χ4v) is 6.19. The van der Waals surface area contributed by atoms with Crippen LogP contribution in [-0.2, 0) is 19.1 Å². The first-order valence-electron chi connectivity index (χ1n) is 12.0. The van der Waals surface area contributed by atoms with E-state index in [4.69, 9.17) is 9.47 Å². The molecule has 1 unspecified atom stereocenters. The second-order valence-corrected chi connectivity index (χ2v) is 10.3. The quantitative estimate of drug-likeness (QED) is 0.365. The Balaban J connectivity index is 1.51. The number of benzene rings is 1. The lowest BCUT2D eigenvalue weighted by atomic mass is 9.46. The summed E-state index contributed by atoms with van der Waals surface area (Å²) in [5.41, 5.74) is 1.92. The number of esters is 2. The molecular formula is C29H34O5. The predicted octanol–water partition coefficient (Wildman–Crippen LogP) is 5.03. The van der Waals surface area contributed by atoms with E-state index in [2.05, 4.69) is 19.6 Å². The van der Waals surface area contributed by atoms with Gasteiger partial charge in [-0.1, -0.05) is 68.5 Å². The fraction of sp³-hybridized carbons (Fsp3) is 0.448. The van der Waals surface area contributed by atoms with Crippen molar-refractivity contribution in [3.63, 3.8) is 0 Å². The largest absolute Gasteiger partial charge is 0.462 e. The number of carbonyl (C=O) groups is 2. The van der Waals surface area contributed by atoms with Crippen molar-refractivity contribution < 1.29 is 24.2 Å².